The predicted octanol–water partition coefficient (Wildman–Crippen LogP) is 3.16. The van der Waals surface area contributed by atoms with E-state index in [9.17, 15) is 0 Å². The number of hydrogen-bond donors (Lipinski definition) is 1. The molecule has 1 unspecified atom stereocenters. The van der Waals surface area contributed by atoms with E-state index in [4.69, 9.17) is 5.73 Å². The molecule has 0 bridgehead atoms. The summed E-state index contributed by atoms with van der Waals surface area (Å²) in [4.78, 5) is 6.74. The molecule has 1 aliphatic rings. The van der Waals surface area contributed by atoms with Crippen molar-refractivity contribution in [3.05, 3.63) is 35.9 Å². The van der Waals surface area contributed by atoms with Crippen molar-refractivity contribution in [1.82, 2.24) is 4.90 Å². The van der Waals surface area contributed by atoms with Gasteiger partial charge >= 0.3 is 0 Å². The monoisotopic (exact) mass is 259 g/mol. The van der Waals surface area contributed by atoms with Crippen molar-refractivity contribution in [3.63, 3.8) is 0 Å². The van der Waals surface area contributed by atoms with Crippen molar-refractivity contribution < 1.29 is 0 Å². The van der Waals surface area contributed by atoms with Crippen LogP contribution in [0.25, 0.3) is 0 Å². The number of hydrogen-bond acceptors (Lipinski definition) is 3. The zero-order valence-corrected chi connectivity index (χ0v) is 12.1. The van der Waals surface area contributed by atoms with Crippen molar-refractivity contribution in [3.8, 4) is 0 Å². The smallest absolute Gasteiger partial charge is 0.192 e. The van der Waals surface area contributed by atoms with Crippen molar-refractivity contribution in [2.75, 3.05) is 6.54 Å². The summed E-state index contributed by atoms with van der Waals surface area (Å²) >= 11 is 0. The molecule has 1 aromatic carbocycles. The highest BCUT2D eigenvalue weighted by atomic mass is 15.3. The maximum Gasteiger partial charge on any atom is 0.192 e. The third-order valence-corrected chi connectivity index (χ3v) is 4.01. The van der Waals surface area contributed by atoms with Crippen LogP contribution in [0.1, 0.15) is 45.1 Å². The van der Waals surface area contributed by atoms with E-state index in [2.05, 4.69) is 48.0 Å². The molecule has 1 aliphatic heterocycles. The van der Waals surface area contributed by atoms with Crippen LogP contribution in [0.3, 0.4) is 0 Å². The molecule has 1 aromatic rings. The van der Waals surface area contributed by atoms with Crippen LogP contribution in [-0.4, -0.2) is 22.9 Å². The average Bonchev–Trinajstić information content (AvgIpc) is 2.69. The normalized spacial score (nSPS) is 22.6. The highest BCUT2D eigenvalue weighted by Gasteiger charge is 2.37. The van der Waals surface area contributed by atoms with E-state index >= 15 is 0 Å². The number of benzene rings is 1. The minimum Gasteiger partial charge on any atom is -0.370 e. The van der Waals surface area contributed by atoms with Gasteiger partial charge in [0.05, 0.1) is 12.1 Å². The summed E-state index contributed by atoms with van der Waals surface area (Å²) in [5.41, 5.74) is 7.47. The van der Waals surface area contributed by atoms with E-state index in [1.54, 1.807) is 0 Å². The molecular weight excluding hydrogens is 234 g/mol. The number of nitrogens with zero attached hydrogens (tertiary/aromatic N) is 2. The van der Waals surface area contributed by atoms with Crippen LogP contribution >= 0.6 is 0 Å². The van der Waals surface area contributed by atoms with Gasteiger partial charge in [0.2, 0.25) is 0 Å². The number of rotatable bonds is 6. The van der Waals surface area contributed by atoms with Crippen LogP contribution in [0, 0.1) is 0 Å². The Bertz CT molecular complexity index is 427. The Balaban J connectivity index is 2.04. The van der Waals surface area contributed by atoms with Crippen LogP contribution in [0.5, 0.6) is 0 Å². The topological polar surface area (TPSA) is 41.6 Å². The molecule has 0 saturated carbocycles. The van der Waals surface area contributed by atoms with Gasteiger partial charge in [-0.2, -0.15) is 0 Å². The zero-order chi connectivity index (χ0) is 13.7. The first-order valence-corrected chi connectivity index (χ1v) is 7.27. The third-order valence-electron chi connectivity index (χ3n) is 4.01. The molecule has 0 spiro atoms. The first kappa shape index (κ1) is 13.9. The quantitative estimate of drug-likeness (QED) is 0.797. The minimum absolute atomic E-state index is 0.0924. The molecule has 104 valence electrons. The van der Waals surface area contributed by atoms with Crippen LogP contribution < -0.4 is 5.73 Å². The van der Waals surface area contributed by atoms with Crippen LogP contribution in [-0.2, 0) is 6.54 Å². The Morgan fingerprint density at radius 2 is 2.00 bits per heavy atom. The Morgan fingerprint density at radius 1 is 1.26 bits per heavy atom. The predicted molar refractivity (Wildman–Crippen MR) is 81.0 cm³/mol. The van der Waals surface area contributed by atoms with Crippen molar-refractivity contribution in [1.29, 1.82) is 0 Å². The van der Waals surface area contributed by atoms with Crippen molar-refractivity contribution >= 4 is 5.96 Å². The lowest BCUT2D eigenvalue weighted by Crippen LogP contribution is -2.48. The number of unbranched alkanes of at least 4 members (excludes halogenated alkanes) is 2. The molecular formula is C16H25N3. The summed E-state index contributed by atoms with van der Waals surface area (Å²) in [5.74, 6) is 0.697. The molecule has 19 heavy (non-hydrogen) atoms. The molecule has 0 amide bonds. The number of aliphatic imine (C=N–C) groups is 1. The summed E-state index contributed by atoms with van der Waals surface area (Å²) in [6, 6.07) is 10.5. The molecule has 0 saturated heterocycles. The number of nitrogens with two attached hydrogens (primary N) is 1. The molecule has 3 heteroatoms. The fourth-order valence-corrected chi connectivity index (χ4v) is 2.71. The molecule has 0 fully saturated rings. The summed E-state index contributed by atoms with van der Waals surface area (Å²) in [6.07, 6.45) is 4.96. The second-order valence-corrected chi connectivity index (χ2v) is 5.70. The SMILES string of the molecule is CCCCCC1(C)CN=C(N)N1Cc1ccccc1. The van der Waals surface area contributed by atoms with E-state index < -0.39 is 0 Å². The van der Waals surface area contributed by atoms with Gasteiger partial charge in [-0.05, 0) is 18.9 Å². The third kappa shape index (κ3) is 3.28. The van der Waals surface area contributed by atoms with Gasteiger partial charge in [-0.15, -0.1) is 0 Å². The van der Waals surface area contributed by atoms with Gasteiger partial charge in [0.15, 0.2) is 5.96 Å². The maximum atomic E-state index is 6.08. The molecule has 2 rings (SSSR count). The molecule has 0 aliphatic carbocycles. The zero-order valence-electron chi connectivity index (χ0n) is 12.1. The van der Waals surface area contributed by atoms with E-state index in [1.807, 2.05) is 6.07 Å². The van der Waals surface area contributed by atoms with Gasteiger partial charge in [0.1, 0.15) is 0 Å². The van der Waals surface area contributed by atoms with Gasteiger partial charge in [-0.25, -0.2) is 0 Å². The standard InChI is InChI=1S/C16H25N3/c1-3-4-8-11-16(2)13-18-15(17)19(16)12-14-9-6-5-7-10-14/h5-7,9-10H,3-4,8,11-13H2,1-2H3,(H2,17,18). The molecule has 3 nitrogen and oxygen atoms in total. The Labute approximate surface area is 116 Å². The van der Waals surface area contributed by atoms with Crippen molar-refractivity contribution in [2.45, 2.75) is 51.6 Å². The van der Waals surface area contributed by atoms with E-state index in [-0.39, 0.29) is 5.54 Å². The molecule has 0 aromatic heterocycles. The average molecular weight is 259 g/mol. The van der Waals surface area contributed by atoms with Gasteiger partial charge in [0.25, 0.3) is 0 Å². The lowest BCUT2D eigenvalue weighted by atomic mass is 9.93. The summed E-state index contributed by atoms with van der Waals surface area (Å²) in [5, 5.41) is 0. The fourth-order valence-electron chi connectivity index (χ4n) is 2.71. The fraction of sp³-hybridized carbons (Fsp3) is 0.562. The molecule has 1 heterocycles. The van der Waals surface area contributed by atoms with Gasteiger partial charge < -0.3 is 10.6 Å². The summed E-state index contributed by atoms with van der Waals surface area (Å²) < 4.78 is 0. The van der Waals surface area contributed by atoms with Gasteiger partial charge in [-0.1, -0.05) is 56.5 Å². The van der Waals surface area contributed by atoms with Gasteiger partial charge in [0, 0.05) is 6.54 Å². The minimum atomic E-state index is 0.0924. The summed E-state index contributed by atoms with van der Waals surface area (Å²) in [6.45, 7) is 6.21. The lowest BCUT2D eigenvalue weighted by Gasteiger charge is -2.36. The highest BCUT2D eigenvalue weighted by molar-refractivity contribution is 5.80. The van der Waals surface area contributed by atoms with E-state index in [0.717, 1.165) is 19.5 Å². The highest BCUT2D eigenvalue weighted by Crippen LogP contribution is 2.29. The van der Waals surface area contributed by atoms with E-state index in [0.29, 0.717) is 5.96 Å². The Morgan fingerprint density at radius 3 is 2.68 bits per heavy atom. The second-order valence-electron chi connectivity index (χ2n) is 5.70. The summed E-state index contributed by atoms with van der Waals surface area (Å²) in [7, 11) is 0. The van der Waals surface area contributed by atoms with Gasteiger partial charge in [-0.3, -0.25) is 4.99 Å². The first-order chi connectivity index (χ1) is 9.15. The maximum absolute atomic E-state index is 6.08. The Hall–Kier alpha value is -1.51. The van der Waals surface area contributed by atoms with Crippen LogP contribution in [0.15, 0.2) is 35.3 Å². The largest absolute Gasteiger partial charge is 0.370 e. The first-order valence-electron chi connectivity index (χ1n) is 7.27. The van der Waals surface area contributed by atoms with E-state index in [1.165, 1.54) is 24.8 Å². The molecule has 1 atom stereocenters. The molecule has 0 radical (unpaired) electrons. The Kier molecular flexibility index (Phi) is 4.46. The molecule has 2 N–H and O–H groups in total. The second kappa shape index (κ2) is 6.09. The van der Waals surface area contributed by atoms with Crippen LogP contribution in [0.2, 0.25) is 0 Å². The number of guanidine groups is 1. The van der Waals surface area contributed by atoms with Crippen LogP contribution in [0.4, 0.5) is 0 Å². The van der Waals surface area contributed by atoms with Crippen molar-refractivity contribution in [2.24, 2.45) is 10.7 Å². The lowest BCUT2D eigenvalue weighted by molar-refractivity contribution is 0.195.